The lowest BCUT2D eigenvalue weighted by Gasteiger charge is -2.41. The summed E-state index contributed by atoms with van der Waals surface area (Å²) in [6.45, 7) is 3.82. The number of nitrogens with one attached hydrogen (secondary N) is 1. The Hall–Kier alpha value is -1.07. The molecular formula is C14H18BrNO3. The third kappa shape index (κ3) is 3.09. The lowest BCUT2D eigenvalue weighted by Crippen LogP contribution is -2.54. The summed E-state index contributed by atoms with van der Waals surface area (Å²) in [5.74, 6) is -0.828. The van der Waals surface area contributed by atoms with E-state index in [1.807, 2.05) is 38.1 Å². The Labute approximate surface area is 121 Å². The first-order valence-electron chi connectivity index (χ1n) is 6.34. The van der Waals surface area contributed by atoms with Crippen LogP contribution >= 0.6 is 15.9 Å². The third-order valence-electron chi connectivity index (χ3n) is 3.39. The van der Waals surface area contributed by atoms with Crippen molar-refractivity contribution in [3.05, 3.63) is 28.7 Å². The Morgan fingerprint density at radius 2 is 1.95 bits per heavy atom. The molecule has 0 amide bonds. The Bertz CT molecular complexity index is 468. The molecule has 1 fully saturated rings. The molecule has 0 aromatic heterocycles. The molecule has 2 unspecified atom stereocenters. The van der Waals surface area contributed by atoms with Crippen molar-refractivity contribution in [3.8, 4) is 0 Å². The number of ether oxygens (including phenoxy) is 1. The van der Waals surface area contributed by atoms with Crippen molar-refractivity contribution >= 4 is 27.6 Å². The molecule has 0 radical (unpaired) electrons. The number of carbonyl (C=O) groups is 1. The van der Waals surface area contributed by atoms with E-state index in [0.29, 0.717) is 12.8 Å². The molecule has 2 N–H and O–H groups in total. The van der Waals surface area contributed by atoms with Gasteiger partial charge >= 0.3 is 5.97 Å². The van der Waals surface area contributed by atoms with Crippen LogP contribution in [-0.4, -0.2) is 28.8 Å². The molecular weight excluding hydrogens is 310 g/mol. The number of carboxylic acid groups (broad SMARTS) is 1. The van der Waals surface area contributed by atoms with Gasteiger partial charge in [0, 0.05) is 23.0 Å². The number of aliphatic carboxylic acids is 1. The summed E-state index contributed by atoms with van der Waals surface area (Å²) in [5.41, 5.74) is -0.174. The third-order valence-corrected chi connectivity index (χ3v) is 4.09. The maximum absolute atomic E-state index is 11.7. The predicted molar refractivity (Wildman–Crippen MR) is 77.4 cm³/mol. The first-order chi connectivity index (χ1) is 8.93. The van der Waals surface area contributed by atoms with E-state index in [4.69, 9.17) is 4.74 Å². The second kappa shape index (κ2) is 5.51. The summed E-state index contributed by atoms with van der Waals surface area (Å²) in [6, 6.07) is 7.55. The molecule has 104 valence electrons. The second-order valence-corrected chi connectivity index (χ2v) is 6.01. The van der Waals surface area contributed by atoms with Crippen LogP contribution in [0.25, 0.3) is 0 Å². The topological polar surface area (TPSA) is 58.6 Å². The van der Waals surface area contributed by atoms with Gasteiger partial charge in [-0.05, 0) is 41.9 Å². The maximum Gasteiger partial charge on any atom is 0.329 e. The van der Waals surface area contributed by atoms with Crippen LogP contribution in [-0.2, 0) is 9.53 Å². The number of hydrogen-bond donors (Lipinski definition) is 2. The smallest absolute Gasteiger partial charge is 0.329 e. The van der Waals surface area contributed by atoms with E-state index in [9.17, 15) is 9.90 Å². The summed E-state index contributed by atoms with van der Waals surface area (Å²) >= 11 is 3.44. The number of anilines is 1. The van der Waals surface area contributed by atoms with Gasteiger partial charge in [-0.2, -0.15) is 0 Å². The van der Waals surface area contributed by atoms with Crippen molar-refractivity contribution in [1.82, 2.24) is 0 Å². The summed E-state index contributed by atoms with van der Waals surface area (Å²) < 4.78 is 6.51. The normalized spacial score (nSPS) is 30.9. The van der Waals surface area contributed by atoms with E-state index in [2.05, 4.69) is 21.2 Å². The molecule has 5 heteroatoms. The van der Waals surface area contributed by atoms with E-state index in [0.717, 1.165) is 10.2 Å². The predicted octanol–water partition coefficient (Wildman–Crippen LogP) is 3.27. The zero-order valence-corrected chi connectivity index (χ0v) is 12.6. The fourth-order valence-corrected chi connectivity index (χ4v) is 3.09. The maximum atomic E-state index is 11.7. The average molecular weight is 328 g/mol. The second-order valence-electron chi connectivity index (χ2n) is 5.16. The SMILES string of the molecule is CC1CC(Nc2ccccc2Br)(C(=O)O)CC(C)O1. The zero-order chi connectivity index (χ0) is 14.0. The van der Waals surface area contributed by atoms with Gasteiger partial charge < -0.3 is 15.2 Å². The lowest BCUT2D eigenvalue weighted by atomic mass is 9.84. The minimum absolute atomic E-state index is 0.0742. The fraction of sp³-hybridized carbons (Fsp3) is 0.500. The van der Waals surface area contributed by atoms with Gasteiger partial charge in [-0.25, -0.2) is 4.79 Å². The monoisotopic (exact) mass is 327 g/mol. The van der Waals surface area contributed by atoms with Crippen molar-refractivity contribution in [2.45, 2.75) is 44.4 Å². The summed E-state index contributed by atoms with van der Waals surface area (Å²) in [5, 5.41) is 12.8. The first kappa shape index (κ1) is 14.3. The van der Waals surface area contributed by atoms with Crippen molar-refractivity contribution in [2.24, 2.45) is 0 Å². The van der Waals surface area contributed by atoms with E-state index >= 15 is 0 Å². The van der Waals surface area contributed by atoms with Crippen LogP contribution in [0.4, 0.5) is 5.69 Å². The number of halogens is 1. The average Bonchev–Trinajstić information content (AvgIpc) is 2.30. The molecule has 1 heterocycles. The summed E-state index contributed by atoms with van der Waals surface area (Å²) in [4.78, 5) is 11.7. The Balaban J connectivity index is 2.30. The van der Waals surface area contributed by atoms with Crippen LogP contribution in [0.5, 0.6) is 0 Å². The number of para-hydroxylation sites is 1. The fourth-order valence-electron chi connectivity index (χ4n) is 2.71. The molecule has 19 heavy (non-hydrogen) atoms. The van der Waals surface area contributed by atoms with Crippen molar-refractivity contribution < 1.29 is 14.6 Å². The largest absolute Gasteiger partial charge is 0.480 e. The molecule has 1 aromatic rings. The van der Waals surface area contributed by atoms with E-state index in [1.54, 1.807) is 0 Å². The van der Waals surface area contributed by atoms with Crippen molar-refractivity contribution in [3.63, 3.8) is 0 Å². The van der Waals surface area contributed by atoms with E-state index in [1.165, 1.54) is 0 Å². The number of carboxylic acids is 1. The van der Waals surface area contributed by atoms with Gasteiger partial charge in [0.25, 0.3) is 0 Å². The molecule has 1 aliphatic rings. The molecule has 0 bridgehead atoms. The zero-order valence-electron chi connectivity index (χ0n) is 11.0. The van der Waals surface area contributed by atoms with E-state index < -0.39 is 11.5 Å². The Morgan fingerprint density at radius 3 is 2.47 bits per heavy atom. The van der Waals surface area contributed by atoms with Gasteiger partial charge in [0.2, 0.25) is 0 Å². The highest BCUT2D eigenvalue weighted by Crippen LogP contribution is 2.34. The van der Waals surface area contributed by atoms with Crippen molar-refractivity contribution in [1.29, 1.82) is 0 Å². The number of rotatable bonds is 3. The molecule has 2 atom stereocenters. The molecule has 1 aromatic carbocycles. The summed E-state index contributed by atoms with van der Waals surface area (Å²) in [6.07, 6.45) is 0.756. The van der Waals surface area contributed by atoms with Crippen LogP contribution in [0, 0.1) is 0 Å². The van der Waals surface area contributed by atoms with Crippen LogP contribution in [0.2, 0.25) is 0 Å². The highest BCUT2D eigenvalue weighted by atomic mass is 79.9. The standard InChI is InChI=1S/C14H18BrNO3/c1-9-7-14(13(17)18,8-10(2)19-9)16-12-6-4-3-5-11(12)15/h3-6,9-10,16H,7-8H2,1-2H3,(H,17,18). The minimum Gasteiger partial charge on any atom is -0.480 e. The molecule has 4 nitrogen and oxygen atoms in total. The van der Waals surface area contributed by atoms with E-state index in [-0.39, 0.29) is 12.2 Å². The van der Waals surface area contributed by atoms with Crippen LogP contribution in [0.15, 0.2) is 28.7 Å². The van der Waals surface area contributed by atoms with Gasteiger partial charge in [-0.15, -0.1) is 0 Å². The quantitative estimate of drug-likeness (QED) is 0.894. The minimum atomic E-state index is -0.971. The number of hydrogen-bond acceptors (Lipinski definition) is 3. The van der Waals surface area contributed by atoms with Gasteiger partial charge in [-0.1, -0.05) is 12.1 Å². The Morgan fingerprint density at radius 1 is 1.37 bits per heavy atom. The van der Waals surface area contributed by atoms with Gasteiger partial charge in [0.05, 0.1) is 12.2 Å². The van der Waals surface area contributed by atoms with Gasteiger partial charge in [0.1, 0.15) is 5.54 Å². The molecule has 0 aliphatic carbocycles. The molecule has 2 rings (SSSR count). The van der Waals surface area contributed by atoms with Gasteiger partial charge in [-0.3, -0.25) is 0 Å². The molecule has 1 saturated heterocycles. The van der Waals surface area contributed by atoms with Crippen molar-refractivity contribution in [2.75, 3.05) is 5.32 Å². The molecule has 1 aliphatic heterocycles. The highest BCUT2D eigenvalue weighted by Gasteiger charge is 2.45. The lowest BCUT2D eigenvalue weighted by molar-refractivity contribution is -0.151. The Kier molecular flexibility index (Phi) is 4.16. The molecule has 0 saturated carbocycles. The van der Waals surface area contributed by atoms with Crippen LogP contribution in [0.1, 0.15) is 26.7 Å². The first-order valence-corrected chi connectivity index (χ1v) is 7.14. The molecule has 0 spiro atoms. The van der Waals surface area contributed by atoms with Crippen LogP contribution in [0.3, 0.4) is 0 Å². The van der Waals surface area contributed by atoms with Gasteiger partial charge in [0.15, 0.2) is 0 Å². The van der Waals surface area contributed by atoms with Crippen LogP contribution < -0.4 is 5.32 Å². The number of benzene rings is 1. The summed E-state index contributed by atoms with van der Waals surface area (Å²) in [7, 11) is 0. The highest BCUT2D eigenvalue weighted by molar-refractivity contribution is 9.10.